The van der Waals surface area contributed by atoms with Crippen LogP contribution in [0.4, 0.5) is 14.5 Å². The Morgan fingerprint density at radius 3 is 2.57 bits per heavy atom. The van der Waals surface area contributed by atoms with E-state index in [1.165, 1.54) is 0 Å². The first kappa shape index (κ1) is 15.7. The van der Waals surface area contributed by atoms with E-state index in [0.717, 1.165) is 6.07 Å². The summed E-state index contributed by atoms with van der Waals surface area (Å²) in [7, 11) is -4.24. The van der Waals surface area contributed by atoms with Crippen LogP contribution in [0.2, 0.25) is 5.02 Å². The fourth-order valence-corrected chi connectivity index (χ4v) is 3.03. The number of nitrogen functional groups attached to an aromatic ring is 1. The first-order valence-corrected chi connectivity index (χ1v) is 7.64. The van der Waals surface area contributed by atoms with E-state index in [1.54, 1.807) is 24.3 Å². The molecule has 0 heterocycles. The molecule has 0 atom stereocenters. The van der Waals surface area contributed by atoms with Crippen molar-refractivity contribution in [3.63, 3.8) is 0 Å². The Bertz CT molecular complexity index is 782. The summed E-state index contributed by atoms with van der Waals surface area (Å²) < 4.78 is 53.0. The Morgan fingerprint density at radius 1 is 1.19 bits per heavy atom. The largest absolute Gasteiger partial charge is 0.399 e. The molecule has 0 saturated carbocycles. The van der Waals surface area contributed by atoms with Crippen LogP contribution in [0.15, 0.2) is 41.3 Å². The third-order valence-electron chi connectivity index (χ3n) is 2.66. The van der Waals surface area contributed by atoms with Gasteiger partial charge in [0, 0.05) is 17.3 Å². The van der Waals surface area contributed by atoms with Gasteiger partial charge in [0.25, 0.3) is 0 Å². The molecule has 0 radical (unpaired) electrons. The van der Waals surface area contributed by atoms with Gasteiger partial charge >= 0.3 is 0 Å². The molecule has 2 rings (SSSR count). The number of sulfonamides is 1. The van der Waals surface area contributed by atoms with E-state index in [-0.39, 0.29) is 12.2 Å². The van der Waals surface area contributed by atoms with E-state index in [2.05, 4.69) is 4.72 Å². The Labute approximate surface area is 125 Å². The lowest BCUT2D eigenvalue weighted by Gasteiger charge is -2.09. The van der Waals surface area contributed by atoms with Gasteiger partial charge in [-0.1, -0.05) is 23.7 Å². The molecule has 0 aromatic heterocycles. The first-order valence-electron chi connectivity index (χ1n) is 5.78. The van der Waals surface area contributed by atoms with Gasteiger partial charge in [-0.25, -0.2) is 21.9 Å². The summed E-state index contributed by atoms with van der Waals surface area (Å²) in [5, 5.41) is 0.438. The van der Waals surface area contributed by atoms with Gasteiger partial charge in [0.1, 0.15) is 4.90 Å². The molecule has 4 nitrogen and oxygen atoms in total. The van der Waals surface area contributed by atoms with Gasteiger partial charge < -0.3 is 5.73 Å². The molecular weight excluding hydrogens is 322 g/mol. The molecule has 8 heteroatoms. The van der Waals surface area contributed by atoms with Crippen LogP contribution in [-0.2, 0) is 16.6 Å². The molecule has 0 aliphatic heterocycles. The standard InChI is InChI=1S/C13H11ClF2N2O2S/c14-9-3-1-2-8(4-9)7-18-21(19,20)12-6-10(17)5-11(15)13(12)16/h1-6,18H,7,17H2. The highest BCUT2D eigenvalue weighted by atomic mass is 35.5. The lowest BCUT2D eigenvalue weighted by atomic mass is 10.2. The highest BCUT2D eigenvalue weighted by Gasteiger charge is 2.22. The SMILES string of the molecule is Nc1cc(F)c(F)c(S(=O)(=O)NCc2cccc(Cl)c2)c1. The van der Waals surface area contributed by atoms with E-state index < -0.39 is 26.6 Å². The average molecular weight is 333 g/mol. The predicted octanol–water partition coefficient (Wildman–Crippen LogP) is 2.68. The molecule has 21 heavy (non-hydrogen) atoms. The van der Waals surface area contributed by atoms with Gasteiger partial charge in [-0.15, -0.1) is 0 Å². The van der Waals surface area contributed by atoms with Crippen molar-refractivity contribution in [2.45, 2.75) is 11.4 Å². The van der Waals surface area contributed by atoms with Gasteiger partial charge in [-0.3, -0.25) is 0 Å². The van der Waals surface area contributed by atoms with Crippen LogP contribution in [0.25, 0.3) is 0 Å². The normalized spacial score (nSPS) is 11.6. The highest BCUT2D eigenvalue weighted by molar-refractivity contribution is 7.89. The molecule has 0 bridgehead atoms. The zero-order valence-corrected chi connectivity index (χ0v) is 12.2. The Morgan fingerprint density at radius 2 is 1.90 bits per heavy atom. The van der Waals surface area contributed by atoms with Gasteiger partial charge in [0.05, 0.1) is 0 Å². The fourth-order valence-electron chi connectivity index (χ4n) is 1.68. The highest BCUT2D eigenvalue weighted by Crippen LogP contribution is 2.21. The lowest BCUT2D eigenvalue weighted by molar-refractivity contribution is 0.484. The van der Waals surface area contributed by atoms with E-state index in [0.29, 0.717) is 16.7 Å². The van der Waals surface area contributed by atoms with Crippen molar-refractivity contribution in [3.05, 3.63) is 58.6 Å². The van der Waals surface area contributed by atoms with Gasteiger partial charge in [0.2, 0.25) is 10.0 Å². The minimum Gasteiger partial charge on any atom is -0.399 e. The van der Waals surface area contributed by atoms with Crippen LogP contribution in [0.1, 0.15) is 5.56 Å². The number of benzene rings is 2. The van der Waals surface area contributed by atoms with Crippen molar-refractivity contribution in [2.24, 2.45) is 0 Å². The van der Waals surface area contributed by atoms with E-state index in [9.17, 15) is 17.2 Å². The minimum atomic E-state index is -4.24. The van der Waals surface area contributed by atoms with Crippen molar-refractivity contribution < 1.29 is 17.2 Å². The fraction of sp³-hybridized carbons (Fsp3) is 0.0769. The number of halogens is 3. The molecule has 0 aliphatic carbocycles. The Kier molecular flexibility index (Phi) is 4.46. The maximum Gasteiger partial charge on any atom is 0.243 e. The van der Waals surface area contributed by atoms with E-state index in [4.69, 9.17) is 17.3 Å². The Hall–Kier alpha value is -1.70. The van der Waals surface area contributed by atoms with E-state index in [1.807, 2.05) is 0 Å². The van der Waals surface area contributed by atoms with Gasteiger partial charge in [-0.05, 0) is 29.8 Å². The maximum absolute atomic E-state index is 13.6. The second kappa shape index (κ2) is 5.97. The van der Waals surface area contributed by atoms with Crippen molar-refractivity contribution in [1.29, 1.82) is 0 Å². The van der Waals surface area contributed by atoms with Gasteiger partial charge in [0.15, 0.2) is 11.6 Å². The van der Waals surface area contributed by atoms with Crippen LogP contribution in [0, 0.1) is 11.6 Å². The number of nitrogens with one attached hydrogen (secondary N) is 1. The van der Waals surface area contributed by atoms with Crippen molar-refractivity contribution in [2.75, 3.05) is 5.73 Å². The molecule has 0 unspecified atom stereocenters. The van der Waals surface area contributed by atoms with Crippen molar-refractivity contribution >= 4 is 27.3 Å². The number of rotatable bonds is 4. The molecule has 2 aromatic carbocycles. The molecule has 0 saturated heterocycles. The number of anilines is 1. The zero-order chi connectivity index (χ0) is 15.6. The molecule has 0 fully saturated rings. The van der Waals surface area contributed by atoms with Crippen LogP contribution in [0.3, 0.4) is 0 Å². The van der Waals surface area contributed by atoms with Crippen LogP contribution < -0.4 is 10.5 Å². The quantitative estimate of drug-likeness (QED) is 0.845. The second-order valence-corrected chi connectivity index (χ2v) is 6.44. The third kappa shape index (κ3) is 3.69. The predicted molar refractivity (Wildman–Crippen MR) is 76.2 cm³/mol. The maximum atomic E-state index is 13.6. The molecule has 0 spiro atoms. The molecule has 3 N–H and O–H groups in total. The second-order valence-electron chi connectivity index (χ2n) is 4.27. The number of nitrogens with two attached hydrogens (primary N) is 1. The Balaban J connectivity index is 2.27. The number of hydrogen-bond acceptors (Lipinski definition) is 3. The zero-order valence-electron chi connectivity index (χ0n) is 10.6. The minimum absolute atomic E-state index is 0.112. The van der Waals surface area contributed by atoms with Gasteiger partial charge in [-0.2, -0.15) is 0 Å². The molecule has 0 aliphatic rings. The van der Waals surface area contributed by atoms with Crippen molar-refractivity contribution in [1.82, 2.24) is 4.72 Å². The van der Waals surface area contributed by atoms with Crippen molar-refractivity contribution in [3.8, 4) is 0 Å². The molecule has 2 aromatic rings. The molecule has 0 amide bonds. The number of hydrogen-bond donors (Lipinski definition) is 2. The molecular formula is C13H11ClF2N2O2S. The average Bonchev–Trinajstić information content (AvgIpc) is 2.41. The first-order chi connectivity index (χ1) is 9.79. The topological polar surface area (TPSA) is 72.2 Å². The summed E-state index contributed by atoms with van der Waals surface area (Å²) in [4.78, 5) is -0.831. The summed E-state index contributed by atoms with van der Waals surface area (Å²) >= 11 is 5.78. The summed E-state index contributed by atoms with van der Waals surface area (Å²) in [5.41, 5.74) is 5.73. The van der Waals surface area contributed by atoms with E-state index >= 15 is 0 Å². The summed E-state index contributed by atoms with van der Waals surface area (Å²) in [6.07, 6.45) is 0. The molecule has 112 valence electrons. The summed E-state index contributed by atoms with van der Waals surface area (Å²) in [6, 6.07) is 8.05. The monoisotopic (exact) mass is 332 g/mol. The van der Waals surface area contributed by atoms with Crippen LogP contribution in [-0.4, -0.2) is 8.42 Å². The van der Waals surface area contributed by atoms with Crippen LogP contribution >= 0.6 is 11.6 Å². The lowest BCUT2D eigenvalue weighted by Crippen LogP contribution is -2.24. The summed E-state index contributed by atoms with van der Waals surface area (Å²) in [6.45, 7) is -0.112. The summed E-state index contributed by atoms with van der Waals surface area (Å²) in [5.74, 6) is -2.79. The smallest absolute Gasteiger partial charge is 0.243 e. The third-order valence-corrected chi connectivity index (χ3v) is 4.30. The van der Waals surface area contributed by atoms with Crippen LogP contribution in [0.5, 0.6) is 0 Å².